The summed E-state index contributed by atoms with van der Waals surface area (Å²) in [5.74, 6) is 5.45. The standard InChI is InChI=1S/C25H22F3N3O3/c26-25(27,28)22-15-29-24(31-22)19-7-8-21(34-16-18-10-12-33-13-11-18)20(14-19)30-23(32)9-6-17-4-2-1-3-5-17/h1-5,7-8,14-15,18H,10-13,16H2,(H,29,31)(H,30,32). The number of imidazole rings is 1. The third kappa shape index (κ3) is 6.17. The van der Waals surface area contributed by atoms with E-state index in [0.717, 1.165) is 19.0 Å². The molecule has 1 saturated heterocycles. The molecule has 2 N–H and O–H groups in total. The fourth-order valence-electron chi connectivity index (χ4n) is 3.44. The number of alkyl halides is 3. The highest BCUT2D eigenvalue weighted by atomic mass is 19.4. The fourth-order valence-corrected chi connectivity index (χ4v) is 3.44. The van der Waals surface area contributed by atoms with Crippen LogP contribution in [0.2, 0.25) is 0 Å². The number of carbonyl (C=O) groups excluding carboxylic acids is 1. The van der Waals surface area contributed by atoms with Crippen molar-refractivity contribution in [3.8, 4) is 29.0 Å². The number of benzene rings is 2. The van der Waals surface area contributed by atoms with Gasteiger partial charge in [0.05, 0.1) is 18.5 Å². The summed E-state index contributed by atoms with van der Waals surface area (Å²) < 4.78 is 50.2. The van der Waals surface area contributed by atoms with Crippen molar-refractivity contribution in [2.75, 3.05) is 25.1 Å². The van der Waals surface area contributed by atoms with Crippen molar-refractivity contribution in [3.63, 3.8) is 0 Å². The summed E-state index contributed by atoms with van der Waals surface area (Å²) >= 11 is 0. The maximum atomic E-state index is 13.0. The van der Waals surface area contributed by atoms with Crippen LogP contribution in [0.25, 0.3) is 11.4 Å². The molecular formula is C25H22F3N3O3. The van der Waals surface area contributed by atoms with Gasteiger partial charge in [0.1, 0.15) is 17.3 Å². The van der Waals surface area contributed by atoms with E-state index >= 15 is 0 Å². The Morgan fingerprint density at radius 2 is 1.94 bits per heavy atom. The SMILES string of the molecule is O=C(C#Cc1ccccc1)Nc1cc(-c2ncc(C(F)(F)F)[nH]2)ccc1OCC1CCOCC1. The third-order valence-corrected chi connectivity index (χ3v) is 5.29. The first kappa shape index (κ1) is 23.4. The number of aromatic nitrogens is 2. The van der Waals surface area contributed by atoms with Crippen LogP contribution in [0.4, 0.5) is 18.9 Å². The summed E-state index contributed by atoms with van der Waals surface area (Å²) in [6.07, 6.45) is -2.07. The molecule has 6 nitrogen and oxygen atoms in total. The zero-order valence-corrected chi connectivity index (χ0v) is 18.1. The van der Waals surface area contributed by atoms with Gasteiger partial charge in [0.15, 0.2) is 0 Å². The van der Waals surface area contributed by atoms with Crippen LogP contribution in [-0.2, 0) is 15.7 Å². The largest absolute Gasteiger partial charge is 0.491 e. The van der Waals surface area contributed by atoms with Crippen molar-refractivity contribution in [1.82, 2.24) is 9.97 Å². The van der Waals surface area contributed by atoms with Crippen molar-refractivity contribution in [1.29, 1.82) is 0 Å². The molecule has 1 amide bonds. The lowest BCUT2D eigenvalue weighted by atomic mass is 10.0. The summed E-state index contributed by atoms with van der Waals surface area (Å²) in [6.45, 7) is 1.78. The number of rotatable bonds is 5. The number of hydrogen-bond donors (Lipinski definition) is 2. The minimum atomic E-state index is -4.54. The van der Waals surface area contributed by atoms with Gasteiger partial charge in [-0.15, -0.1) is 0 Å². The highest BCUT2D eigenvalue weighted by Gasteiger charge is 2.33. The molecule has 34 heavy (non-hydrogen) atoms. The molecule has 0 saturated carbocycles. The molecule has 1 aromatic heterocycles. The molecule has 2 heterocycles. The molecule has 0 bridgehead atoms. The van der Waals surface area contributed by atoms with Crippen molar-refractivity contribution in [2.45, 2.75) is 19.0 Å². The van der Waals surface area contributed by atoms with Crippen LogP contribution < -0.4 is 10.1 Å². The molecule has 9 heteroatoms. The first-order chi connectivity index (χ1) is 16.4. The van der Waals surface area contributed by atoms with Crippen molar-refractivity contribution in [3.05, 3.63) is 66.0 Å². The number of hydrogen-bond acceptors (Lipinski definition) is 4. The van der Waals surface area contributed by atoms with Crippen LogP contribution in [0.1, 0.15) is 24.1 Å². The maximum absolute atomic E-state index is 13.0. The van der Waals surface area contributed by atoms with Crippen LogP contribution >= 0.6 is 0 Å². The Labute approximate surface area is 194 Å². The van der Waals surface area contributed by atoms with E-state index in [-0.39, 0.29) is 5.82 Å². The second-order valence-corrected chi connectivity index (χ2v) is 7.79. The monoisotopic (exact) mass is 469 g/mol. The second-order valence-electron chi connectivity index (χ2n) is 7.79. The number of H-pyrrole nitrogens is 1. The Morgan fingerprint density at radius 1 is 1.18 bits per heavy atom. The van der Waals surface area contributed by atoms with Crippen molar-refractivity contribution < 1.29 is 27.4 Å². The first-order valence-electron chi connectivity index (χ1n) is 10.7. The highest BCUT2D eigenvalue weighted by Crippen LogP contribution is 2.33. The number of halogens is 3. The second kappa shape index (κ2) is 10.4. The summed E-state index contributed by atoms with van der Waals surface area (Å²) in [5, 5.41) is 2.69. The van der Waals surface area contributed by atoms with Gasteiger partial charge in [0.2, 0.25) is 0 Å². The molecule has 0 unspecified atom stereocenters. The number of anilines is 1. The average molecular weight is 469 g/mol. The van der Waals surface area contributed by atoms with Gasteiger partial charge in [0.25, 0.3) is 0 Å². The molecule has 0 spiro atoms. The lowest BCUT2D eigenvalue weighted by Crippen LogP contribution is -2.22. The van der Waals surface area contributed by atoms with Gasteiger partial charge >= 0.3 is 12.1 Å². The molecule has 0 atom stereocenters. The Hall–Kier alpha value is -3.77. The summed E-state index contributed by atoms with van der Waals surface area (Å²) in [6, 6.07) is 13.7. The van der Waals surface area contributed by atoms with Crippen LogP contribution in [0.3, 0.4) is 0 Å². The highest BCUT2D eigenvalue weighted by molar-refractivity contribution is 6.05. The van der Waals surface area contributed by atoms with E-state index in [1.165, 1.54) is 6.07 Å². The molecule has 0 radical (unpaired) electrons. The number of aromatic amines is 1. The Balaban J connectivity index is 1.57. The lowest BCUT2D eigenvalue weighted by molar-refractivity contribution is -0.140. The Bertz CT molecular complexity index is 1190. The maximum Gasteiger partial charge on any atom is 0.432 e. The summed E-state index contributed by atoms with van der Waals surface area (Å²) in [5.41, 5.74) is 0.376. The summed E-state index contributed by atoms with van der Waals surface area (Å²) in [4.78, 5) is 18.6. The molecule has 176 valence electrons. The van der Waals surface area contributed by atoms with Gasteiger partial charge in [0, 0.05) is 30.3 Å². The van der Waals surface area contributed by atoms with E-state index < -0.39 is 17.8 Å². The van der Waals surface area contributed by atoms with Gasteiger partial charge in [-0.3, -0.25) is 4.79 Å². The van der Waals surface area contributed by atoms with Gasteiger partial charge in [-0.25, -0.2) is 4.98 Å². The van der Waals surface area contributed by atoms with E-state index in [0.29, 0.717) is 48.3 Å². The van der Waals surface area contributed by atoms with E-state index in [9.17, 15) is 18.0 Å². The third-order valence-electron chi connectivity index (χ3n) is 5.29. The fraction of sp³-hybridized carbons (Fsp3) is 0.280. The Kier molecular flexibility index (Phi) is 7.18. The van der Waals surface area contributed by atoms with Crippen LogP contribution in [0.15, 0.2) is 54.7 Å². The Morgan fingerprint density at radius 3 is 2.65 bits per heavy atom. The van der Waals surface area contributed by atoms with E-state index in [2.05, 4.69) is 27.1 Å². The molecular weight excluding hydrogens is 447 g/mol. The zero-order valence-electron chi connectivity index (χ0n) is 18.1. The van der Waals surface area contributed by atoms with Crippen molar-refractivity contribution >= 4 is 11.6 Å². The molecule has 0 aliphatic carbocycles. The van der Waals surface area contributed by atoms with Gasteiger partial charge in [-0.1, -0.05) is 24.1 Å². The number of nitrogens with zero attached hydrogens (tertiary/aromatic N) is 1. The minimum Gasteiger partial charge on any atom is -0.491 e. The number of nitrogens with one attached hydrogen (secondary N) is 2. The van der Waals surface area contributed by atoms with E-state index in [1.54, 1.807) is 24.3 Å². The van der Waals surface area contributed by atoms with Crippen LogP contribution in [0.5, 0.6) is 5.75 Å². The predicted octanol–water partition coefficient (Wildman–Crippen LogP) is 4.89. The molecule has 2 aromatic carbocycles. The molecule has 1 aliphatic rings. The topological polar surface area (TPSA) is 76.2 Å². The quantitative estimate of drug-likeness (QED) is 0.522. The normalized spacial score (nSPS) is 14.2. The number of amides is 1. The average Bonchev–Trinajstić information content (AvgIpc) is 3.34. The number of carbonyl (C=O) groups is 1. The van der Waals surface area contributed by atoms with E-state index in [1.807, 2.05) is 18.2 Å². The number of ether oxygens (including phenoxy) is 2. The van der Waals surface area contributed by atoms with Gasteiger partial charge in [-0.2, -0.15) is 13.2 Å². The van der Waals surface area contributed by atoms with Crippen LogP contribution in [-0.4, -0.2) is 35.7 Å². The molecule has 4 rings (SSSR count). The van der Waals surface area contributed by atoms with Gasteiger partial charge < -0.3 is 19.8 Å². The molecule has 1 aliphatic heterocycles. The van der Waals surface area contributed by atoms with Crippen LogP contribution in [0, 0.1) is 17.8 Å². The van der Waals surface area contributed by atoms with Gasteiger partial charge in [-0.05, 0) is 49.1 Å². The lowest BCUT2D eigenvalue weighted by Gasteiger charge is -2.23. The zero-order chi connectivity index (χ0) is 24.0. The molecule has 3 aromatic rings. The van der Waals surface area contributed by atoms with E-state index in [4.69, 9.17) is 9.47 Å². The minimum absolute atomic E-state index is 0.0224. The molecule has 1 fully saturated rings. The predicted molar refractivity (Wildman–Crippen MR) is 120 cm³/mol. The van der Waals surface area contributed by atoms with Crippen molar-refractivity contribution in [2.24, 2.45) is 5.92 Å². The first-order valence-corrected chi connectivity index (χ1v) is 10.7. The smallest absolute Gasteiger partial charge is 0.432 e. The summed E-state index contributed by atoms with van der Waals surface area (Å²) in [7, 11) is 0.